The molecule has 0 spiro atoms. The van der Waals surface area contributed by atoms with Crippen molar-refractivity contribution >= 4 is 16.9 Å². The van der Waals surface area contributed by atoms with E-state index in [-0.39, 0.29) is 23.7 Å². The number of nitrogens with one attached hydrogen (secondary N) is 1. The Hall–Kier alpha value is -3.22. The second kappa shape index (κ2) is 8.26. The van der Waals surface area contributed by atoms with Gasteiger partial charge in [-0.3, -0.25) is 9.36 Å². The number of likely N-dealkylation sites (tertiary alicyclic amines) is 1. The van der Waals surface area contributed by atoms with Crippen molar-refractivity contribution in [3.63, 3.8) is 0 Å². The number of nitrogens with zero attached hydrogens (tertiary/aromatic N) is 2. The van der Waals surface area contributed by atoms with Gasteiger partial charge in [0.1, 0.15) is 0 Å². The summed E-state index contributed by atoms with van der Waals surface area (Å²) in [5.74, 6) is 1.14. The maximum absolute atomic E-state index is 13.0. The number of carbonyl (C=O) groups is 1. The lowest BCUT2D eigenvalue weighted by Crippen LogP contribution is -2.40. The van der Waals surface area contributed by atoms with E-state index in [1.54, 1.807) is 25.3 Å². The van der Waals surface area contributed by atoms with Crippen LogP contribution in [0.3, 0.4) is 0 Å². The molecule has 0 aliphatic carbocycles. The Bertz CT molecular complexity index is 1110. The summed E-state index contributed by atoms with van der Waals surface area (Å²) in [5.41, 5.74) is 2.24. The van der Waals surface area contributed by atoms with E-state index in [2.05, 4.69) is 4.98 Å². The lowest BCUT2D eigenvalue weighted by Gasteiger charge is -2.32. The van der Waals surface area contributed by atoms with E-state index in [0.717, 1.165) is 23.9 Å². The van der Waals surface area contributed by atoms with Gasteiger partial charge in [0.15, 0.2) is 11.5 Å². The number of imidazole rings is 1. The van der Waals surface area contributed by atoms with Crippen LogP contribution in [0.2, 0.25) is 0 Å². The van der Waals surface area contributed by atoms with Crippen molar-refractivity contribution < 1.29 is 14.3 Å². The Balaban J connectivity index is 1.48. The van der Waals surface area contributed by atoms with Gasteiger partial charge in [-0.2, -0.15) is 0 Å². The number of para-hydroxylation sites is 2. The van der Waals surface area contributed by atoms with Crippen molar-refractivity contribution in [2.45, 2.75) is 38.8 Å². The summed E-state index contributed by atoms with van der Waals surface area (Å²) in [6.45, 7) is 5.09. The van der Waals surface area contributed by atoms with Gasteiger partial charge in [0.05, 0.1) is 24.2 Å². The molecular formula is C23H27N3O4. The highest BCUT2D eigenvalue weighted by atomic mass is 16.5. The lowest BCUT2D eigenvalue weighted by molar-refractivity contribution is 0.0694. The number of methoxy groups -OCH3 is 1. The summed E-state index contributed by atoms with van der Waals surface area (Å²) in [6.07, 6.45) is 1.49. The van der Waals surface area contributed by atoms with Crippen molar-refractivity contribution in [2.75, 3.05) is 20.2 Å². The van der Waals surface area contributed by atoms with Gasteiger partial charge in [0.25, 0.3) is 5.91 Å². The first-order valence-electron chi connectivity index (χ1n) is 10.3. The first-order valence-corrected chi connectivity index (χ1v) is 10.3. The normalized spacial score (nSPS) is 15.0. The topological polar surface area (TPSA) is 76.6 Å². The molecule has 1 fully saturated rings. The van der Waals surface area contributed by atoms with Crippen LogP contribution >= 0.6 is 0 Å². The van der Waals surface area contributed by atoms with E-state index in [1.807, 2.05) is 47.6 Å². The number of fused-ring (bicyclic) bond motifs is 1. The molecule has 1 aromatic heterocycles. The Morgan fingerprint density at radius 1 is 1.10 bits per heavy atom. The highest BCUT2D eigenvalue weighted by Gasteiger charge is 2.27. The van der Waals surface area contributed by atoms with Crippen molar-refractivity contribution in [3.8, 4) is 11.5 Å². The minimum absolute atomic E-state index is 0.0207. The molecule has 1 aliphatic rings. The minimum Gasteiger partial charge on any atom is -0.493 e. The number of aromatic nitrogens is 2. The number of benzene rings is 2. The number of piperidine rings is 1. The van der Waals surface area contributed by atoms with E-state index < -0.39 is 0 Å². The molecule has 158 valence electrons. The van der Waals surface area contributed by atoms with Gasteiger partial charge in [-0.15, -0.1) is 0 Å². The molecular weight excluding hydrogens is 382 g/mol. The molecule has 0 unspecified atom stereocenters. The molecule has 30 heavy (non-hydrogen) atoms. The molecule has 0 radical (unpaired) electrons. The molecule has 1 N–H and O–H groups in total. The van der Waals surface area contributed by atoms with Crippen LogP contribution in [0.15, 0.2) is 47.3 Å². The van der Waals surface area contributed by atoms with Gasteiger partial charge in [-0.05, 0) is 57.0 Å². The lowest BCUT2D eigenvalue weighted by atomic mass is 10.0. The Morgan fingerprint density at radius 2 is 1.83 bits per heavy atom. The molecule has 1 aliphatic heterocycles. The van der Waals surface area contributed by atoms with Crippen LogP contribution < -0.4 is 15.2 Å². The van der Waals surface area contributed by atoms with Crippen LogP contribution in [0, 0.1) is 0 Å². The maximum Gasteiger partial charge on any atom is 0.326 e. The van der Waals surface area contributed by atoms with Crippen LogP contribution in [0.1, 0.15) is 43.1 Å². The Kier molecular flexibility index (Phi) is 5.53. The first-order chi connectivity index (χ1) is 14.5. The zero-order valence-electron chi connectivity index (χ0n) is 17.6. The molecule has 0 bridgehead atoms. The number of carbonyl (C=O) groups excluding carboxylic acids is 1. The minimum atomic E-state index is -0.0912. The molecule has 2 aromatic carbocycles. The van der Waals surface area contributed by atoms with Crippen molar-refractivity contribution in [2.24, 2.45) is 0 Å². The standard InChI is InChI=1S/C23H27N3O4/c1-15(2)30-20-9-8-16(14-21(20)29-3)22(27)25-12-10-17(11-13-25)26-19-7-5-4-6-18(19)24-23(26)28/h4-9,14-15,17H,10-13H2,1-3H3,(H,24,28). The predicted octanol–water partition coefficient (Wildman–Crippen LogP) is 3.60. The zero-order valence-corrected chi connectivity index (χ0v) is 17.6. The van der Waals surface area contributed by atoms with Gasteiger partial charge in [0.2, 0.25) is 0 Å². The third-order valence-electron chi connectivity index (χ3n) is 5.51. The highest BCUT2D eigenvalue weighted by Crippen LogP contribution is 2.31. The van der Waals surface area contributed by atoms with Crippen LogP contribution in [0.25, 0.3) is 11.0 Å². The second-order valence-corrected chi connectivity index (χ2v) is 7.87. The molecule has 0 saturated carbocycles. The second-order valence-electron chi connectivity index (χ2n) is 7.87. The summed E-state index contributed by atoms with van der Waals surface area (Å²) in [4.78, 5) is 30.2. The molecule has 0 atom stereocenters. The van der Waals surface area contributed by atoms with E-state index in [4.69, 9.17) is 9.47 Å². The fraction of sp³-hybridized carbons (Fsp3) is 0.391. The quantitative estimate of drug-likeness (QED) is 0.699. The predicted molar refractivity (Wildman–Crippen MR) is 115 cm³/mol. The van der Waals surface area contributed by atoms with E-state index in [0.29, 0.717) is 30.2 Å². The van der Waals surface area contributed by atoms with Gasteiger partial charge >= 0.3 is 5.69 Å². The fourth-order valence-electron chi connectivity index (χ4n) is 4.10. The first kappa shape index (κ1) is 20.1. The van der Waals surface area contributed by atoms with E-state index in [9.17, 15) is 9.59 Å². The van der Waals surface area contributed by atoms with Crippen molar-refractivity contribution in [3.05, 3.63) is 58.5 Å². The maximum atomic E-state index is 13.0. The molecule has 1 amide bonds. The SMILES string of the molecule is COc1cc(C(=O)N2CCC(n3c(=O)[nH]c4ccccc43)CC2)ccc1OC(C)C. The van der Waals surface area contributed by atoms with Crippen LogP contribution in [0.4, 0.5) is 0 Å². The molecule has 4 rings (SSSR count). The van der Waals surface area contributed by atoms with Crippen molar-refractivity contribution in [1.29, 1.82) is 0 Å². The van der Waals surface area contributed by atoms with Crippen LogP contribution in [0.5, 0.6) is 11.5 Å². The smallest absolute Gasteiger partial charge is 0.326 e. The van der Waals surface area contributed by atoms with Gasteiger partial charge in [-0.25, -0.2) is 4.79 Å². The zero-order chi connectivity index (χ0) is 21.3. The summed E-state index contributed by atoms with van der Waals surface area (Å²) in [5, 5.41) is 0. The average molecular weight is 409 g/mol. The highest BCUT2D eigenvalue weighted by molar-refractivity contribution is 5.95. The number of ether oxygens (including phenoxy) is 2. The Labute approximate surface area is 175 Å². The van der Waals surface area contributed by atoms with Crippen molar-refractivity contribution in [1.82, 2.24) is 14.5 Å². The molecule has 7 nitrogen and oxygen atoms in total. The number of rotatable bonds is 5. The summed E-state index contributed by atoms with van der Waals surface area (Å²) >= 11 is 0. The third-order valence-corrected chi connectivity index (χ3v) is 5.51. The monoisotopic (exact) mass is 409 g/mol. The van der Waals surface area contributed by atoms with Gasteiger partial charge in [-0.1, -0.05) is 12.1 Å². The van der Waals surface area contributed by atoms with E-state index >= 15 is 0 Å². The number of H-pyrrole nitrogens is 1. The Morgan fingerprint density at radius 3 is 2.53 bits per heavy atom. The fourth-order valence-corrected chi connectivity index (χ4v) is 4.10. The summed E-state index contributed by atoms with van der Waals surface area (Å²) < 4.78 is 13.0. The largest absolute Gasteiger partial charge is 0.493 e. The number of aromatic amines is 1. The summed E-state index contributed by atoms with van der Waals surface area (Å²) in [7, 11) is 1.57. The van der Waals surface area contributed by atoms with Gasteiger partial charge < -0.3 is 19.4 Å². The molecule has 3 aromatic rings. The van der Waals surface area contributed by atoms with Crippen LogP contribution in [-0.4, -0.2) is 46.7 Å². The average Bonchev–Trinajstić information content (AvgIpc) is 3.09. The number of hydrogen-bond donors (Lipinski definition) is 1. The third kappa shape index (κ3) is 3.79. The van der Waals surface area contributed by atoms with Gasteiger partial charge in [0, 0.05) is 24.7 Å². The molecule has 2 heterocycles. The molecule has 1 saturated heterocycles. The number of hydrogen-bond acceptors (Lipinski definition) is 4. The van der Waals surface area contributed by atoms with Crippen LogP contribution in [-0.2, 0) is 0 Å². The summed E-state index contributed by atoms with van der Waals surface area (Å²) in [6, 6.07) is 13.1. The number of amides is 1. The molecule has 7 heteroatoms. The van der Waals surface area contributed by atoms with E-state index in [1.165, 1.54) is 0 Å².